The maximum Gasteiger partial charge on any atom is 0.173 e. The van der Waals surface area contributed by atoms with Crippen LogP contribution in [0.25, 0.3) is 0 Å². The molecule has 104 valence electrons. The molecule has 1 fully saturated rings. The third kappa shape index (κ3) is 2.23. The average Bonchev–Trinajstić information content (AvgIpc) is 3.03. The van der Waals surface area contributed by atoms with E-state index in [0.29, 0.717) is 0 Å². The molecule has 1 aliphatic heterocycles. The number of allylic oxidation sites excluding steroid dienone is 2. The van der Waals surface area contributed by atoms with E-state index >= 15 is 0 Å². The topological polar surface area (TPSA) is 39.7 Å². The predicted molar refractivity (Wildman–Crippen MR) is 83.2 cm³/mol. The molecule has 3 rings (SSSR count). The van der Waals surface area contributed by atoms with Crippen LogP contribution in [-0.4, -0.2) is 5.84 Å². The molecule has 1 aromatic rings. The van der Waals surface area contributed by atoms with Gasteiger partial charge < -0.3 is 5.43 Å². The van der Waals surface area contributed by atoms with E-state index in [1.807, 2.05) is 24.9 Å². The van der Waals surface area contributed by atoms with E-state index in [1.54, 1.807) is 0 Å². The largest absolute Gasteiger partial charge is 0.300 e. The molecule has 1 heterocycles. The summed E-state index contributed by atoms with van der Waals surface area (Å²) in [4.78, 5) is 4.53. The summed E-state index contributed by atoms with van der Waals surface area (Å²) in [6.07, 6.45) is 5.64. The monoisotopic (exact) mass is 268 g/mol. The zero-order chi connectivity index (χ0) is 14.1. The van der Waals surface area contributed by atoms with Gasteiger partial charge in [0.15, 0.2) is 5.84 Å². The Hall–Kier alpha value is -2.07. The number of amidine groups is 1. The van der Waals surface area contributed by atoms with Crippen molar-refractivity contribution in [1.82, 2.24) is 11.0 Å². The summed E-state index contributed by atoms with van der Waals surface area (Å²) >= 11 is 0. The van der Waals surface area contributed by atoms with Gasteiger partial charge in [-0.1, -0.05) is 18.7 Å². The van der Waals surface area contributed by atoms with Gasteiger partial charge >= 0.3 is 0 Å². The molecule has 0 radical (unpaired) electrons. The Labute approximate surface area is 119 Å². The molecule has 4 heteroatoms. The Morgan fingerprint density at radius 1 is 1.35 bits per heavy atom. The van der Waals surface area contributed by atoms with Crippen LogP contribution in [0.2, 0.25) is 0 Å². The number of fused-ring (bicyclic) bond motifs is 1. The van der Waals surface area contributed by atoms with E-state index in [0.717, 1.165) is 22.9 Å². The van der Waals surface area contributed by atoms with Crippen LogP contribution in [-0.2, 0) is 12.8 Å². The van der Waals surface area contributed by atoms with Crippen molar-refractivity contribution in [3.05, 3.63) is 53.4 Å². The number of aryl methyl sites for hydroxylation is 2. The quantitative estimate of drug-likeness (QED) is 0.866. The molecule has 4 nitrogen and oxygen atoms in total. The van der Waals surface area contributed by atoms with Crippen LogP contribution in [0.15, 0.2) is 47.2 Å². The van der Waals surface area contributed by atoms with E-state index in [-0.39, 0.29) is 0 Å². The smallest absolute Gasteiger partial charge is 0.173 e. The summed E-state index contributed by atoms with van der Waals surface area (Å²) < 4.78 is 0. The van der Waals surface area contributed by atoms with Gasteiger partial charge in [-0.05, 0) is 56.4 Å². The molecule has 0 atom stereocenters. The summed E-state index contributed by atoms with van der Waals surface area (Å²) in [5, 5.41) is 1.97. The number of hydrogen-bond acceptors (Lipinski definition) is 3. The Morgan fingerprint density at radius 2 is 2.15 bits per heavy atom. The van der Waals surface area contributed by atoms with Crippen molar-refractivity contribution in [3.8, 4) is 0 Å². The van der Waals surface area contributed by atoms with Crippen LogP contribution < -0.4 is 16.0 Å². The molecular formula is C16H20N4. The minimum atomic E-state index is 0.788. The number of benzene rings is 1. The summed E-state index contributed by atoms with van der Waals surface area (Å²) in [6, 6.07) is 6.63. The zero-order valence-electron chi connectivity index (χ0n) is 12.0. The highest BCUT2D eigenvalue weighted by Crippen LogP contribution is 2.27. The first-order valence-corrected chi connectivity index (χ1v) is 7.03. The van der Waals surface area contributed by atoms with Gasteiger partial charge in [0, 0.05) is 5.70 Å². The van der Waals surface area contributed by atoms with Gasteiger partial charge in [0.25, 0.3) is 0 Å². The lowest BCUT2D eigenvalue weighted by Crippen LogP contribution is -2.38. The fourth-order valence-corrected chi connectivity index (χ4v) is 2.72. The molecule has 0 spiro atoms. The normalized spacial score (nSPS) is 21.4. The number of hydrogen-bond donors (Lipinski definition) is 2. The van der Waals surface area contributed by atoms with Crippen molar-refractivity contribution >= 4 is 11.5 Å². The van der Waals surface area contributed by atoms with Gasteiger partial charge in [0.1, 0.15) is 0 Å². The maximum absolute atomic E-state index is 4.53. The van der Waals surface area contributed by atoms with Gasteiger partial charge in [-0.15, -0.1) is 5.53 Å². The highest BCUT2D eigenvalue weighted by molar-refractivity contribution is 6.10. The highest BCUT2D eigenvalue weighted by Gasteiger charge is 2.25. The summed E-state index contributed by atoms with van der Waals surface area (Å²) in [6.45, 7) is 7.77. The molecule has 20 heavy (non-hydrogen) atoms. The van der Waals surface area contributed by atoms with Gasteiger partial charge in [-0.3, -0.25) is 0 Å². The van der Waals surface area contributed by atoms with Crippen LogP contribution >= 0.6 is 0 Å². The average molecular weight is 268 g/mol. The summed E-state index contributed by atoms with van der Waals surface area (Å²) in [5.74, 6) is 0.859. The first-order chi connectivity index (χ1) is 9.69. The lowest BCUT2D eigenvalue weighted by atomic mass is 10.1. The van der Waals surface area contributed by atoms with Gasteiger partial charge in [0.05, 0.1) is 11.4 Å². The van der Waals surface area contributed by atoms with Crippen molar-refractivity contribution in [3.63, 3.8) is 0 Å². The van der Waals surface area contributed by atoms with Crippen molar-refractivity contribution in [2.75, 3.05) is 5.01 Å². The van der Waals surface area contributed by atoms with E-state index in [9.17, 15) is 0 Å². The van der Waals surface area contributed by atoms with Gasteiger partial charge in [-0.25, -0.2) is 10.0 Å². The molecule has 0 unspecified atom stereocenters. The van der Waals surface area contributed by atoms with Crippen molar-refractivity contribution in [2.45, 2.75) is 33.1 Å². The standard InChI is InChI=1S/C16H20N4/c1-4-15-16(17-11(2)3)20(19-18-15)14-9-8-12-6-5-7-13(12)10-14/h4,8-10,18-19H,2,5-7H2,1,3H3/b15-4+,17-16?. The number of anilines is 1. The lowest BCUT2D eigenvalue weighted by Gasteiger charge is -2.18. The molecular weight excluding hydrogens is 248 g/mol. The number of rotatable bonds is 2. The van der Waals surface area contributed by atoms with Crippen LogP contribution in [0, 0.1) is 0 Å². The number of nitrogens with zero attached hydrogens (tertiary/aromatic N) is 2. The number of aliphatic imine (C=N–C) groups is 1. The third-order valence-electron chi connectivity index (χ3n) is 3.68. The highest BCUT2D eigenvalue weighted by atomic mass is 15.7. The fourth-order valence-electron chi connectivity index (χ4n) is 2.72. The molecule has 0 bridgehead atoms. The molecule has 0 amide bonds. The lowest BCUT2D eigenvalue weighted by molar-refractivity contribution is 0.687. The van der Waals surface area contributed by atoms with Gasteiger partial charge in [-0.2, -0.15) is 0 Å². The van der Waals surface area contributed by atoms with Crippen molar-refractivity contribution in [2.24, 2.45) is 4.99 Å². The summed E-state index contributed by atoms with van der Waals surface area (Å²) in [7, 11) is 0. The second-order valence-corrected chi connectivity index (χ2v) is 5.25. The molecule has 1 aliphatic carbocycles. The third-order valence-corrected chi connectivity index (χ3v) is 3.68. The minimum absolute atomic E-state index is 0.788. The van der Waals surface area contributed by atoms with E-state index in [2.05, 4.69) is 40.7 Å². The summed E-state index contributed by atoms with van der Waals surface area (Å²) in [5.41, 5.74) is 12.1. The molecule has 2 N–H and O–H groups in total. The van der Waals surface area contributed by atoms with E-state index in [1.165, 1.54) is 30.4 Å². The Balaban J connectivity index is 1.98. The molecule has 0 aromatic heterocycles. The SMILES string of the molecule is C=C(C)N=C1/C(=C\C)NNN1c1ccc2c(c1)CCC2. The van der Waals surface area contributed by atoms with Crippen LogP contribution in [0.1, 0.15) is 31.4 Å². The number of nitrogens with one attached hydrogen (secondary N) is 2. The Morgan fingerprint density at radius 3 is 2.90 bits per heavy atom. The fraction of sp³-hybridized carbons (Fsp3) is 0.312. The first-order valence-electron chi connectivity index (χ1n) is 7.03. The zero-order valence-corrected chi connectivity index (χ0v) is 12.0. The van der Waals surface area contributed by atoms with E-state index < -0.39 is 0 Å². The minimum Gasteiger partial charge on any atom is -0.300 e. The van der Waals surface area contributed by atoms with Crippen LogP contribution in [0.4, 0.5) is 5.69 Å². The van der Waals surface area contributed by atoms with Gasteiger partial charge in [0.2, 0.25) is 0 Å². The van der Waals surface area contributed by atoms with Crippen LogP contribution in [0.5, 0.6) is 0 Å². The second kappa shape index (κ2) is 5.13. The van der Waals surface area contributed by atoms with Crippen molar-refractivity contribution in [1.29, 1.82) is 0 Å². The maximum atomic E-state index is 4.53. The second-order valence-electron chi connectivity index (χ2n) is 5.25. The van der Waals surface area contributed by atoms with E-state index in [4.69, 9.17) is 0 Å². The molecule has 2 aliphatic rings. The predicted octanol–water partition coefficient (Wildman–Crippen LogP) is 2.84. The Bertz CT molecular complexity index is 613. The van der Waals surface area contributed by atoms with Crippen LogP contribution in [0.3, 0.4) is 0 Å². The van der Waals surface area contributed by atoms with Crippen molar-refractivity contribution < 1.29 is 0 Å². The first kappa shape index (κ1) is 12.9. The number of hydrazine groups is 2. The molecule has 0 saturated carbocycles. The molecule has 1 aromatic carbocycles. The molecule has 1 saturated heterocycles. The Kier molecular flexibility index (Phi) is 3.32.